The van der Waals surface area contributed by atoms with Gasteiger partial charge in [-0.3, -0.25) is 9.20 Å². The zero-order valence-corrected chi connectivity index (χ0v) is 18.2. The third-order valence-electron chi connectivity index (χ3n) is 4.57. The van der Waals surface area contributed by atoms with Crippen molar-refractivity contribution in [1.29, 1.82) is 0 Å². The molecule has 0 atom stereocenters. The number of nitrogens with one attached hydrogen (secondary N) is 1. The molecule has 0 unspecified atom stereocenters. The van der Waals surface area contributed by atoms with Gasteiger partial charge >= 0.3 is 0 Å². The second-order valence-corrected chi connectivity index (χ2v) is 8.56. The van der Waals surface area contributed by atoms with Gasteiger partial charge in [-0.25, -0.2) is 9.97 Å². The van der Waals surface area contributed by atoms with E-state index in [0.29, 0.717) is 29.7 Å². The van der Waals surface area contributed by atoms with Crippen molar-refractivity contribution in [2.75, 3.05) is 6.61 Å². The lowest BCUT2D eigenvalue weighted by atomic mass is 10.2. The number of hydrogen-bond acceptors (Lipinski definition) is 7. The van der Waals surface area contributed by atoms with E-state index in [1.54, 1.807) is 17.5 Å². The molecule has 7 nitrogen and oxygen atoms in total. The van der Waals surface area contributed by atoms with Gasteiger partial charge in [0.25, 0.3) is 5.91 Å². The van der Waals surface area contributed by atoms with Crippen LogP contribution in [-0.2, 0) is 6.54 Å². The van der Waals surface area contributed by atoms with E-state index in [4.69, 9.17) is 9.47 Å². The summed E-state index contributed by atoms with van der Waals surface area (Å²) in [5, 5.41) is 4.94. The number of imidazole rings is 1. The van der Waals surface area contributed by atoms with Crippen molar-refractivity contribution in [3.63, 3.8) is 0 Å². The topological polar surface area (TPSA) is 77.8 Å². The summed E-state index contributed by atoms with van der Waals surface area (Å²) in [6.07, 6.45) is 3.63. The molecule has 5 aromatic rings. The highest BCUT2D eigenvalue weighted by Crippen LogP contribution is 2.28. The van der Waals surface area contributed by atoms with Crippen LogP contribution in [0.5, 0.6) is 17.4 Å². The lowest BCUT2D eigenvalue weighted by Crippen LogP contribution is -2.21. The number of fused-ring (bicyclic) bond motifs is 3. The monoisotopic (exact) mass is 450 g/mol. The third kappa shape index (κ3) is 4.10. The molecule has 0 saturated carbocycles. The quantitative estimate of drug-likeness (QED) is 0.372. The number of hydrogen-bond donors (Lipinski definition) is 1. The fourth-order valence-electron chi connectivity index (χ4n) is 3.14. The molecule has 1 amide bonds. The van der Waals surface area contributed by atoms with Crippen molar-refractivity contribution < 1.29 is 14.3 Å². The number of thiophene rings is 1. The average molecular weight is 451 g/mol. The SMILES string of the molecule is CCOc1ccc(Oc2cc(CNC(=O)c3cc4c(nc5sccn54)s3)ccn2)cc1. The third-order valence-corrected chi connectivity index (χ3v) is 6.35. The van der Waals surface area contributed by atoms with Crippen LogP contribution in [0.2, 0.25) is 0 Å². The van der Waals surface area contributed by atoms with Crippen molar-refractivity contribution in [3.05, 3.63) is 70.7 Å². The molecule has 0 bridgehead atoms. The molecular weight excluding hydrogens is 432 g/mol. The molecule has 5 rings (SSSR count). The second-order valence-electron chi connectivity index (χ2n) is 6.66. The fourth-order valence-corrected chi connectivity index (χ4v) is 4.85. The first kappa shape index (κ1) is 19.5. The van der Waals surface area contributed by atoms with Crippen molar-refractivity contribution >= 4 is 43.9 Å². The number of benzene rings is 1. The first-order valence-electron chi connectivity index (χ1n) is 9.68. The van der Waals surface area contributed by atoms with Gasteiger partial charge in [-0.1, -0.05) is 0 Å². The number of pyridine rings is 1. The van der Waals surface area contributed by atoms with Crippen LogP contribution in [-0.4, -0.2) is 26.9 Å². The van der Waals surface area contributed by atoms with E-state index in [-0.39, 0.29) is 5.91 Å². The van der Waals surface area contributed by atoms with Gasteiger partial charge in [-0.15, -0.1) is 22.7 Å². The normalized spacial score (nSPS) is 11.1. The van der Waals surface area contributed by atoms with Crippen molar-refractivity contribution in [2.45, 2.75) is 13.5 Å². The molecule has 0 spiro atoms. The molecule has 9 heteroatoms. The number of carbonyl (C=O) groups excluding carboxylic acids is 1. The minimum atomic E-state index is -0.127. The van der Waals surface area contributed by atoms with E-state index in [1.807, 2.05) is 65.4 Å². The summed E-state index contributed by atoms with van der Waals surface area (Å²) in [7, 11) is 0. The molecule has 0 aliphatic heterocycles. The fraction of sp³-hybridized carbons (Fsp3) is 0.136. The van der Waals surface area contributed by atoms with E-state index in [9.17, 15) is 4.79 Å². The Bertz CT molecular complexity index is 1350. The zero-order valence-electron chi connectivity index (χ0n) is 16.6. The summed E-state index contributed by atoms with van der Waals surface area (Å²) in [6, 6.07) is 12.9. The van der Waals surface area contributed by atoms with Crippen LogP contribution in [0.1, 0.15) is 22.2 Å². The summed E-state index contributed by atoms with van der Waals surface area (Å²) in [5.41, 5.74) is 1.86. The van der Waals surface area contributed by atoms with Gasteiger partial charge in [0, 0.05) is 30.4 Å². The van der Waals surface area contributed by atoms with Crippen LogP contribution < -0.4 is 14.8 Å². The van der Waals surface area contributed by atoms with Gasteiger partial charge in [0.05, 0.1) is 17.0 Å². The minimum Gasteiger partial charge on any atom is -0.494 e. The Labute approximate surface area is 185 Å². The maximum atomic E-state index is 12.6. The van der Waals surface area contributed by atoms with Gasteiger partial charge in [-0.2, -0.15) is 0 Å². The molecular formula is C22H18N4O3S2. The Morgan fingerprint density at radius 1 is 1.16 bits per heavy atom. The van der Waals surface area contributed by atoms with Crippen LogP contribution in [0.4, 0.5) is 0 Å². The van der Waals surface area contributed by atoms with Gasteiger partial charge in [0.15, 0.2) is 4.96 Å². The Morgan fingerprint density at radius 2 is 2.00 bits per heavy atom. The summed E-state index contributed by atoms with van der Waals surface area (Å²) >= 11 is 2.97. The highest BCUT2D eigenvalue weighted by molar-refractivity contribution is 7.21. The van der Waals surface area contributed by atoms with Gasteiger partial charge < -0.3 is 14.8 Å². The Balaban J connectivity index is 1.24. The lowest BCUT2D eigenvalue weighted by molar-refractivity contribution is 0.0955. The summed E-state index contributed by atoms with van der Waals surface area (Å²) in [5.74, 6) is 1.79. The number of ether oxygens (including phenoxy) is 2. The van der Waals surface area contributed by atoms with Crippen molar-refractivity contribution in [1.82, 2.24) is 19.7 Å². The Hall–Kier alpha value is -3.43. The Kier molecular flexibility index (Phi) is 5.27. The molecule has 0 radical (unpaired) electrons. The molecule has 0 aliphatic carbocycles. The highest BCUT2D eigenvalue weighted by atomic mass is 32.1. The summed E-state index contributed by atoms with van der Waals surface area (Å²) in [6.45, 7) is 2.93. The maximum absolute atomic E-state index is 12.6. The van der Waals surface area contributed by atoms with Crippen LogP contribution in [0.3, 0.4) is 0 Å². The number of thiazole rings is 1. The molecule has 156 valence electrons. The standard InChI is InChI=1S/C22H18N4O3S2/c1-2-28-15-3-5-16(6-4-15)29-19-11-14(7-8-23-19)13-24-20(27)18-12-17-21(31-18)25-22-26(17)9-10-30-22/h3-12H,2,13H2,1H3,(H,24,27). The van der Waals surface area contributed by atoms with Crippen molar-refractivity contribution in [3.8, 4) is 17.4 Å². The predicted molar refractivity (Wildman–Crippen MR) is 122 cm³/mol. The number of rotatable bonds is 7. The first-order chi connectivity index (χ1) is 15.2. The lowest BCUT2D eigenvalue weighted by Gasteiger charge is -2.08. The smallest absolute Gasteiger partial charge is 0.261 e. The first-order valence-corrected chi connectivity index (χ1v) is 11.4. The highest BCUT2D eigenvalue weighted by Gasteiger charge is 2.15. The molecule has 1 aromatic carbocycles. The van der Waals surface area contributed by atoms with Gasteiger partial charge in [0.2, 0.25) is 5.88 Å². The summed E-state index contributed by atoms with van der Waals surface area (Å²) < 4.78 is 13.3. The molecule has 31 heavy (non-hydrogen) atoms. The average Bonchev–Trinajstić information content (AvgIpc) is 3.47. The predicted octanol–water partition coefficient (Wildman–Crippen LogP) is 5.13. The molecule has 1 N–H and O–H groups in total. The van der Waals surface area contributed by atoms with E-state index in [2.05, 4.69) is 15.3 Å². The van der Waals surface area contributed by atoms with E-state index in [1.165, 1.54) is 11.3 Å². The largest absolute Gasteiger partial charge is 0.494 e. The van der Waals surface area contributed by atoms with E-state index < -0.39 is 0 Å². The van der Waals surface area contributed by atoms with Gasteiger partial charge in [0.1, 0.15) is 16.3 Å². The number of nitrogens with zero attached hydrogens (tertiary/aromatic N) is 3. The van der Waals surface area contributed by atoms with Gasteiger partial charge in [-0.05, 0) is 48.9 Å². The molecule has 0 aliphatic rings. The number of carbonyl (C=O) groups is 1. The van der Waals surface area contributed by atoms with Crippen molar-refractivity contribution in [2.24, 2.45) is 0 Å². The van der Waals surface area contributed by atoms with Crippen LogP contribution in [0, 0.1) is 0 Å². The van der Waals surface area contributed by atoms with E-state index in [0.717, 1.165) is 26.6 Å². The molecule has 4 aromatic heterocycles. The maximum Gasteiger partial charge on any atom is 0.261 e. The Morgan fingerprint density at radius 3 is 2.84 bits per heavy atom. The molecule has 0 fully saturated rings. The zero-order chi connectivity index (χ0) is 21.2. The molecule has 0 saturated heterocycles. The second kappa shape index (κ2) is 8.37. The summed E-state index contributed by atoms with van der Waals surface area (Å²) in [4.78, 5) is 23.9. The molecule has 4 heterocycles. The minimum absolute atomic E-state index is 0.127. The number of aromatic nitrogens is 3. The van der Waals surface area contributed by atoms with Crippen LogP contribution in [0.15, 0.2) is 60.2 Å². The van der Waals surface area contributed by atoms with E-state index >= 15 is 0 Å². The van der Waals surface area contributed by atoms with Crippen LogP contribution in [0.25, 0.3) is 15.3 Å². The number of amides is 1. The van der Waals surface area contributed by atoms with Crippen LogP contribution >= 0.6 is 22.7 Å².